The minimum absolute atomic E-state index is 0.124. The molecule has 4 atom stereocenters. The molecule has 2 aromatic carbocycles. The molecule has 186 valence electrons. The molecular formula is C27H28N4O5. The Morgan fingerprint density at radius 1 is 0.972 bits per heavy atom. The molecule has 1 spiro atoms. The Morgan fingerprint density at radius 2 is 1.67 bits per heavy atom. The van der Waals surface area contributed by atoms with Gasteiger partial charge in [0.15, 0.2) is 0 Å². The lowest BCUT2D eigenvalue weighted by atomic mass is 9.76. The highest BCUT2D eigenvalue weighted by molar-refractivity contribution is 6.17. The van der Waals surface area contributed by atoms with Gasteiger partial charge in [0.1, 0.15) is 12.1 Å². The topological polar surface area (TPSA) is 99.3 Å². The van der Waals surface area contributed by atoms with E-state index >= 15 is 0 Å². The van der Waals surface area contributed by atoms with E-state index in [1.807, 2.05) is 55.5 Å². The third-order valence-electron chi connectivity index (χ3n) is 7.95. The van der Waals surface area contributed by atoms with Crippen LogP contribution in [-0.2, 0) is 36.0 Å². The number of morpholine rings is 1. The summed E-state index contributed by atoms with van der Waals surface area (Å²) in [6.07, 6.45) is 0. The van der Waals surface area contributed by atoms with Gasteiger partial charge in [-0.1, -0.05) is 48.5 Å². The number of likely N-dealkylation sites (tertiary alicyclic amines) is 1. The first-order chi connectivity index (χ1) is 17.4. The maximum absolute atomic E-state index is 14.2. The van der Waals surface area contributed by atoms with Gasteiger partial charge in [0, 0.05) is 30.4 Å². The number of ether oxygens (including phenoxy) is 1. The largest absolute Gasteiger partial charge is 0.378 e. The molecule has 0 aliphatic carbocycles. The molecule has 9 nitrogen and oxygen atoms in total. The molecule has 6 rings (SSSR count). The lowest BCUT2D eigenvalue weighted by Gasteiger charge is -2.31. The number of rotatable bonds is 4. The minimum Gasteiger partial charge on any atom is -0.378 e. The fourth-order valence-corrected chi connectivity index (χ4v) is 6.30. The summed E-state index contributed by atoms with van der Waals surface area (Å²) in [5, 5.41) is 3.36. The quantitative estimate of drug-likeness (QED) is 0.642. The number of nitrogens with zero attached hydrogens (tertiary/aromatic N) is 3. The van der Waals surface area contributed by atoms with E-state index in [4.69, 9.17) is 4.74 Å². The molecule has 3 fully saturated rings. The summed E-state index contributed by atoms with van der Waals surface area (Å²) in [6.45, 7) is 3.79. The van der Waals surface area contributed by atoms with Crippen LogP contribution < -0.4 is 10.2 Å². The Bertz CT molecular complexity index is 1240. The molecular weight excluding hydrogens is 460 g/mol. The summed E-state index contributed by atoms with van der Waals surface area (Å²) < 4.78 is 5.35. The van der Waals surface area contributed by atoms with Crippen molar-refractivity contribution in [2.45, 2.75) is 25.0 Å². The first-order valence-electron chi connectivity index (χ1n) is 12.4. The number of carbonyl (C=O) groups excluding carboxylic acids is 4. The molecule has 0 aromatic heterocycles. The van der Waals surface area contributed by atoms with Gasteiger partial charge in [-0.3, -0.25) is 29.4 Å². The van der Waals surface area contributed by atoms with Crippen molar-refractivity contribution >= 4 is 29.3 Å². The van der Waals surface area contributed by atoms with Gasteiger partial charge in [-0.05, 0) is 18.6 Å². The number of amides is 4. The van der Waals surface area contributed by atoms with Crippen LogP contribution in [0.5, 0.6) is 0 Å². The zero-order valence-electron chi connectivity index (χ0n) is 20.1. The van der Waals surface area contributed by atoms with E-state index < -0.39 is 17.4 Å². The third kappa shape index (κ3) is 3.23. The average molecular weight is 489 g/mol. The lowest BCUT2D eigenvalue weighted by molar-refractivity contribution is -0.143. The molecule has 4 amide bonds. The number of hydrogen-bond acceptors (Lipinski definition) is 6. The second kappa shape index (κ2) is 8.53. The zero-order valence-corrected chi connectivity index (χ0v) is 20.1. The van der Waals surface area contributed by atoms with Crippen molar-refractivity contribution in [3.05, 3.63) is 65.7 Å². The summed E-state index contributed by atoms with van der Waals surface area (Å²) in [5.74, 6) is -2.67. The van der Waals surface area contributed by atoms with Crippen LogP contribution in [0.1, 0.15) is 18.1 Å². The highest BCUT2D eigenvalue weighted by Gasteiger charge is 2.70. The van der Waals surface area contributed by atoms with E-state index in [-0.39, 0.29) is 42.8 Å². The molecule has 0 bridgehead atoms. The van der Waals surface area contributed by atoms with E-state index in [1.165, 1.54) is 9.80 Å². The first-order valence-corrected chi connectivity index (χ1v) is 12.4. The van der Waals surface area contributed by atoms with Crippen LogP contribution in [0.3, 0.4) is 0 Å². The molecule has 3 saturated heterocycles. The molecule has 36 heavy (non-hydrogen) atoms. The van der Waals surface area contributed by atoms with E-state index in [0.29, 0.717) is 37.6 Å². The summed E-state index contributed by atoms with van der Waals surface area (Å²) in [5.41, 5.74) is 0.715. The zero-order chi connectivity index (χ0) is 25.0. The van der Waals surface area contributed by atoms with Crippen molar-refractivity contribution in [3.8, 4) is 0 Å². The molecule has 4 aliphatic heterocycles. The van der Waals surface area contributed by atoms with Crippen LogP contribution in [0.4, 0.5) is 5.69 Å². The van der Waals surface area contributed by atoms with Crippen molar-refractivity contribution < 1.29 is 23.9 Å². The third-order valence-corrected chi connectivity index (χ3v) is 7.95. The van der Waals surface area contributed by atoms with Crippen molar-refractivity contribution in [3.63, 3.8) is 0 Å². The van der Waals surface area contributed by atoms with Gasteiger partial charge in [-0.2, -0.15) is 0 Å². The summed E-state index contributed by atoms with van der Waals surface area (Å²) in [4.78, 5) is 59.1. The van der Waals surface area contributed by atoms with E-state index in [2.05, 4.69) is 5.32 Å². The lowest BCUT2D eigenvalue weighted by Crippen LogP contribution is -2.56. The van der Waals surface area contributed by atoms with Crippen molar-refractivity contribution in [2.24, 2.45) is 11.8 Å². The number of carbonyl (C=O) groups is 4. The van der Waals surface area contributed by atoms with Crippen molar-refractivity contribution in [1.29, 1.82) is 0 Å². The van der Waals surface area contributed by atoms with Crippen LogP contribution in [0.15, 0.2) is 54.6 Å². The van der Waals surface area contributed by atoms with Crippen molar-refractivity contribution in [2.75, 3.05) is 37.7 Å². The number of fused-ring (bicyclic) bond motifs is 4. The van der Waals surface area contributed by atoms with E-state index in [9.17, 15) is 19.2 Å². The number of anilines is 1. The maximum Gasteiger partial charge on any atom is 0.253 e. The van der Waals surface area contributed by atoms with Gasteiger partial charge < -0.3 is 14.5 Å². The van der Waals surface area contributed by atoms with Gasteiger partial charge in [0.25, 0.3) is 5.91 Å². The highest BCUT2D eigenvalue weighted by atomic mass is 16.5. The Morgan fingerprint density at radius 3 is 2.42 bits per heavy atom. The Kier molecular flexibility index (Phi) is 5.42. The predicted octanol–water partition coefficient (Wildman–Crippen LogP) is 0.880. The fraction of sp³-hybridized carbons (Fsp3) is 0.407. The molecule has 9 heteroatoms. The first kappa shape index (κ1) is 22.9. The molecule has 0 saturated carbocycles. The second-order valence-electron chi connectivity index (χ2n) is 9.89. The predicted molar refractivity (Wildman–Crippen MR) is 129 cm³/mol. The minimum atomic E-state index is -1.38. The number of hydrogen-bond donors (Lipinski definition) is 1. The SMILES string of the molecule is C[C@H]1N[C@]2(C(=O)N(CC(=O)N3CCOCC3)c3ccccc32)[C@@H]2C(=O)N(Cc3ccccc3)C(=O)[C@H]21. The molecule has 4 heterocycles. The second-order valence-corrected chi connectivity index (χ2v) is 9.89. The van der Waals surface area contributed by atoms with Crippen LogP contribution in [0, 0.1) is 11.8 Å². The summed E-state index contributed by atoms with van der Waals surface area (Å²) in [7, 11) is 0. The maximum atomic E-state index is 14.2. The molecule has 1 N–H and O–H groups in total. The number of nitrogens with one attached hydrogen (secondary N) is 1. The smallest absolute Gasteiger partial charge is 0.253 e. The molecule has 4 aliphatic rings. The number of imide groups is 1. The van der Waals surface area contributed by atoms with Crippen molar-refractivity contribution in [1.82, 2.24) is 15.1 Å². The summed E-state index contributed by atoms with van der Waals surface area (Å²) >= 11 is 0. The van der Waals surface area contributed by atoms with Crippen LogP contribution in [0.2, 0.25) is 0 Å². The van der Waals surface area contributed by atoms with Gasteiger partial charge in [0.05, 0.1) is 31.6 Å². The van der Waals surface area contributed by atoms with E-state index in [1.54, 1.807) is 11.0 Å². The number of benzene rings is 2. The Labute approximate surface area is 209 Å². The van der Waals surface area contributed by atoms with Crippen LogP contribution in [0.25, 0.3) is 0 Å². The Hall–Kier alpha value is -3.56. The van der Waals surface area contributed by atoms with Crippen LogP contribution in [-0.4, -0.2) is 72.3 Å². The van der Waals surface area contributed by atoms with Crippen LogP contribution >= 0.6 is 0 Å². The molecule has 0 radical (unpaired) electrons. The highest BCUT2D eigenvalue weighted by Crippen LogP contribution is 2.54. The van der Waals surface area contributed by atoms with Gasteiger partial charge in [-0.25, -0.2) is 0 Å². The monoisotopic (exact) mass is 488 g/mol. The normalized spacial score (nSPS) is 29.3. The number of para-hydroxylation sites is 1. The molecule has 2 aromatic rings. The summed E-state index contributed by atoms with van der Waals surface area (Å²) in [6, 6.07) is 16.2. The standard InChI is InChI=1S/C27H28N4O5/c1-17-22-23(25(34)31(24(22)33)15-18-7-3-2-4-8-18)27(28-17)19-9-5-6-10-20(19)30(26(27)35)16-21(32)29-11-13-36-14-12-29/h2-10,17,22-23,28H,11-16H2,1H3/t17-,22+,23+,27+/m1/s1. The Balaban J connectivity index is 1.36. The van der Waals surface area contributed by atoms with Gasteiger partial charge >= 0.3 is 0 Å². The van der Waals surface area contributed by atoms with Gasteiger partial charge in [-0.15, -0.1) is 0 Å². The average Bonchev–Trinajstić information content (AvgIpc) is 3.44. The molecule has 0 unspecified atom stereocenters. The van der Waals surface area contributed by atoms with E-state index in [0.717, 1.165) is 5.56 Å². The van der Waals surface area contributed by atoms with Gasteiger partial charge in [0.2, 0.25) is 17.7 Å². The fourth-order valence-electron chi connectivity index (χ4n) is 6.30.